The molecule has 0 bridgehead atoms. The van der Waals surface area contributed by atoms with E-state index in [9.17, 15) is 35.8 Å². The Bertz CT molecular complexity index is 2620. The van der Waals surface area contributed by atoms with Gasteiger partial charge in [0.25, 0.3) is 20.2 Å². The van der Waals surface area contributed by atoms with Gasteiger partial charge in [0.2, 0.25) is 0 Å². The highest BCUT2D eigenvalue weighted by atomic mass is 32.2. The van der Waals surface area contributed by atoms with Crippen LogP contribution in [0.2, 0.25) is 0 Å². The Balaban J connectivity index is 1.48. The first-order valence-corrected chi connectivity index (χ1v) is 16.7. The third kappa shape index (κ3) is 6.47. The van der Waals surface area contributed by atoms with Crippen LogP contribution in [0, 0.1) is 0 Å². The van der Waals surface area contributed by atoms with Gasteiger partial charge in [-0.05, 0) is 66.0 Å². The number of benzene rings is 5. The number of imidazole rings is 1. The molecular formula is C27H19N7O11S3. The maximum atomic E-state index is 12.0. The van der Waals surface area contributed by atoms with Crippen LogP contribution in [0.4, 0.5) is 28.4 Å². The molecule has 0 saturated heterocycles. The van der Waals surface area contributed by atoms with Crippen LogP contribution in [-0.4, -0.2) is 46.3 Å². The van der Waals surface area contributed by atoms with Gasteiger partial charge in [-0.3, -0.25) is 9.11 Å². The van der Waals surface area contributed by atoms with Crippen LogP contribution in [-0.2, 0) is 29.6 Å². The number of H-pyrrole nitrogens is 2. The summed E-state index contributed by atoms with van der Waals surface area (Å²) in [6.07, 6.45) is 0. The van der Waals surface area contributed by atoms with Crippen LogP contribution in [0.25, 0.3) is 32.6 Å². The molecule has 6 rings (SSSR count). The lowest BCUT2D eigenvalue weighted by Crippen LogP contribution is -2.03. The second-order valence-corrected chi connectivity index (χ2v) is 13.4. The summed E-state index contributed by atoms with van der Waals surface area (Å²) in [6, 6.07) is 14.8. The molecule has 0 fully saturated rings. The third-order valence-corrected chi connectivity index (χ3v) is 9.26. The number of hydrogen-bond acceptors (Lipinski definition) is 15. The summed E-state index contributed by atoms with van der Waals surface area (Å²) in [6.45, 7) is 0. The number of anilines is 1. The van der Waals surface area contributed by atoms with Gasteiger partial charge in [0.15, 0.2) is 5.75 Å². The Morgan fingerprint density at radius 2 is 1.46 bits per heavy atom. The number of nitrogens with one attached hydrogen (secondary N) is 2. The largest absolute Gasteiger partial charge is 0.505 e. The maximum absolute atomic E-state index is 12.0. The van der Waals surface area contributed by atoms with Crippen molar-refractivity contribution in [2.45, 2.75) is 14.7 Å². The number of aromatic nitrogens is 2. The van der Waals surface area contributed by atoms with Crippen LogP contribution >= 0.6 is 12.0 Å². The van der Waals surface area contributed by atoms with Gasteiger partial charge in [-0.15, -0.1) is 19.7 Å². The van der Waals surface area contributed by atoms with Crippen molar-refractivity contribution in [2.75, 3.05) is 5.73 Å². The van der Waals surface area contributed by atoms with Gasteiger partial charge in [0, 0.05) is 16.2 Å². The summed E-state index contributed by atoms with van der Waals surface area (Å²) >= 11 is 0.357. The Morgan fingerprint density at radius 1 is 0.750 bits per heavy atom. The van der Waals surface area contributed by atoms with E-state index in [0.717, 1.165) is 24.3 Å². The van der Waals surface area contributed by atoms with Gasteiger partial charge >= 0.3 is 5.69 Å². The average Bonchev–Trinajstić information content (AvgIpc) is 3.40. The predicted octanol–water partition coefficient (Wildman–Crippen LogP) is 6.20. The number of hydrogen-bond donors (Lipinski definition) is 7. The van der Waals surface area contributed by atoms with Crippen molar-refractivity contribution < 1.29 is 45.7 Å². The fraction of sp³-hybridized carbons (Fsp3) is 0. The molecule has 1 heterocycles. The highest BCUT2D eigenvalue weighted by molar-refractivity contribution is 7.94. The molecule has 18 nitrogen and oxygen atoms in total. The minimum atomic E-state index is -4.73. The van der Waals surface area contributed by atoms with Crippen LogP contribution in [0.1, 0.15) is 0 Å². The predicted molar refractivity (Wildman–Crippen MR) is 172 cm³/mol. The Kier molecular flexibility index (Phi) is 8.44. The number of rotatable bonds is 9. The normalized spacial score (nSPS) is 12.7. The first-order chi connectivity index (χ1) is 22.7. The van der Waals surface area contributed by atoms with E-state index >= 15 is 0 Å². The third-order valence-electron chi connectivity index (χ3n) is 6.88. The topological polar surface area (TPSA) is 292 Å². The van der Waals surface area contributed by atoms with Gasteiger partial charge in [-0.25, -0.2) is 10.1 Å². The maximum Gasteiger partial charge on any atom is 0.323 e. The van der Waals surface area contributed by atoms with Crippen LogP contribution in [0.15, 0.2) is 107 Å². The summed E-state index contributed by atoms with van der Waals surface area (Å²) in [7, 11) is -9.39. The van der Waals surface area contributed by atoms with Crippen molar-refractivity contribution in [1.29, 1.82) is 0 Å². The lowest BCUT2D eigenvalue weighted by Gasteiger charge is -2.11. The number of phenols is 1. The molecule has 1 aromatic heterocycles. The number of fused-ring (bicyclic) bond motifs is 3. The van der Waals surface area contributed by atoms with Crippen molar-refractivity contribution in [3.63, 3.8) is 0 Å². The van der Waals surface area contributed by atoms with E-state index in [-0.39, 0.29) is 43.8 Å². The van der Waals surface area contributed by atoms with Gasteiger partial charge in [0.1, 0.15) is 10.6 Å². The molecular weight excluding hydrogens is 695 g/mol. The van der Waals surface area contributed by atoms with E-state index in [0.29, 0.717) is 34.1 Å². The first kappa shape index (κ1) is 32.7. The summed E-state index contributed by atoms with van der Waals surface area (Å²) in [5.74, 6) is -0.567. The smallest absolute Gasteiger partial charge is 0.323 e. The quantitative estimate of drug-likeness (QED) is 0.0219. The Morgan fingerprint density at radius 3 is 2.17 bits per heavy atom. The second kappa shape index (κ2) is 12.4. The number of nitrogens with zero attached hydrogens (tertiary/aromatic N) is 4. The van der Waals surface area contributed by atoms with E-state index in [4.69, 9.17) is 11.0 Å². The highest BCUT2D eigenvalue weighted by Crippen LogP contribution is 2.46. The summed E-state index contributed by atoms with van der Waals surface area (Å²) in [5, 5.41) is 40.8. The molecule has 0 spiro atoms. The van der Waals surface area contributed by atoms with Crippen molar-refractivity contribution in [1.82, 2.24) is 9.97 Å². The second-order valence-electron chi connectivity index (χ2n) is 9.88. The monoisotopic (exact) mass is 713 g/mol. The zero-order chi connectivity index (χ0) is 34.4. The number of phenolic OH excluding ortho intramolecular Hbond substituents is 1. The van der Waals surface area contributed by atoms with Crippen molar-refractivity contribution in [3.8, 4) is 5.75 Å². The molecule has 8 N–H and O–H groups in total. The summed E-state index contributed by atoms with van der Waals surface area (Å²) in [5.41, 5.74) is 6.51. The first-order valence-electron chi connectivity index (χ1n) is 13.0. The molecule has 6 aromatic rings. The molecule has 0 aliphatic rings. The molecule has 0 aliphatic carbocycles. The minimum Gasteiger partial charge on any atom is -0.505 e. The van der Waals surface area contributed by atoms with Gasteiger partial charge < -0.3 is 20.8 Å². The molecule has 0 amide bonds. The van der Waals surface area contributed by atoms with E-state index in [1.165, 1.54) is 24.3 Å². The lowest BCUT2D eigenvalue weighted by molar-refractivity contribution is -0.432. The van der Waals surface area contributed by atoms with Crippen LogP contribution < -0.4 is 11.4 Å². The molecule has 0 atom stereocenters. The highest BCUT2D eigenvalue weighted by Gasteiger charge is 2.21. The number of aromatic hydroxyl groups is 1. The average molecular weight is 714 g/mol. The molecule has 5 aromatic carbocycles. The standard InChI is InChI=1S/C27H19N7O11S3/c28-18-11-16-12(8-24(18)48(41,42)43)7-23(46-45-44-37)25(26(16)35)34-33-20-6-5-19(15-3-2-14(10-17(15)20)47(38,39)40)32-31-13-1-4-21-22(9-13)30-27(36)29-21/h1-11,35,37H,28H2,(H2,29,30,36)(H,38,39,40)(H,41,42,43). The van der Waals surface area contributed by atoms with E-state index < -0.39 is 41.5 Å². The number of nitrogens with two attached hydrogens (primary N) is 1. The van der Waals surface area contributed by atoms with Crippen molar-refractivity contribution in [2.24, 2.45) is 20.5 Å². The van der Waals surface area contributed by atoms with E-state index in [1.807, 2.05) is 0 Å². The van der Waals surface area contributed by atoms with Gasteiger partial charge in [0.05, 0.1) is 55.6 Å². The molecule has 48 heavy (non-hydrogen) atoms. The zero-order valence-corrected chi connectivity index (χ0v) is 26.0. The Hall–Kier alpha value is -5.26. The molecule has 0 saturated carbocycles. The van der Waals surface area contributed by atoms with Gasteiger partial charge in [-0.1, -0.05) is 11.1 Å². The van der Waals surface area contributed by atoms with Gasteiger partial charge in [-0.2, -0.15) is 21.9 Å². The van der Waals surface area contributed by atoms with Crippen molar-refractivity contribution in [3.05, 3.63) is 77.2 Å². The lowest BCUT2D eigenvalue weighted by atomic mass is 10.1. The SMILES string of the molecule is Nc1cc2c(O)c(N=Nc3ccc(N=Nc4ccc5[nH]c(=O)[nH]c5c4)c4ccc(S(=O)(=O)O)cc34)c(SOOO)cc2cc1S(=O)(=O)O. The fourth-order valence-corrected chi connectivity index (χ4v) is 6.39. The van der Waals surface area contributed by atoms with E-state index in [2.05, 4.69) is 39.8 Å². The molecule has 0 unspecified atom stereocenters. The minimum absolute atomic E-state index is 0.000651. The number of aromatic amines is 2. The van der Waals surface area contributed by atoms with E-state index in [1.54, 1.807) is 18.2 Å². The number of azo groups is 2. The van der Waals surface area contributed by atoms with Crippen LogP contribution in [0.5, 0.6) is 5.75 Å². The molecule has 0 aliphatic heterocycles. The van der Waals surface area contributed by atoms with Crippen LogP contribution in [0.3, 0.4) is 0 Å². The summed E-state index contributed by atoms with van der Waals surface area (Å²) in [4.78, 5) is 15.7. The Labute approximate surface area is 272 Å². The fourth-order valence-electron chi connectivity index (χ4n) is 4.76. The number of nitrogen functional groups attached to an aromatic ring is 1. The van der Waals surface area contributed by atoms with Crippen molar-refractivity contribution >= 4 is 93.3 Å². The molecule has 246 valence electrons. The molecule has 0 radical (unpaired) electrons. The molecule has 21 heteroatoms. The zero-order valence-electron chi connectivity index (χ0n) is 23.6. The summed E-state index contributed by atoms with van der Waals surface area (Å²) < 4.78 is 71.2.